The van der Waals surface area contributed by atoms with Crippen LogP contribution in [-0.4, -0.2) is 44.1 Å². The van der Waals surface area contributed by atoms with Crippen LogP contribution in [0.2, 0.25) is 0 Å². The number of amides is 2. The standard InChI is InChI=1S/C24H26N2O6/c1-4-31-21-12-11-17(14-22(21)30-3)24(28)26(15-18-8-7-13-32-18)16-23(27)25-19-9-5-6-10-20(19)29-2/h5-14H,4,15-16H2,1-3H3,(H,25,27). The molecule has 0 aliphatic carbocycles. The number of carbonyl (C=O) groups is 2. The van der Waals surface area contributed by atoms with Gasteiger partial charge in [-0.2, -0.15) is 0 Å². The average molecular weight is 438 g/mol. The van der Waals surface area contributed by atoms with E-state index in [1.54, 1.807) is 54.6 Å². The number of nitrogens with zero attached hydrogens (tertiary/aromatic N) is 1. The third kappa shape index (κ3) is 5.60. The summed E-state index contributed by atoms with van der Waals surface area (Å²) in [6, 6.07) is 15.5. The van der Waals surface area contributed by atoms with Crippen LogP contribution in [0.3, 0.4) is 0 Å². The number of ether oxygens (including phenoxy) is 3. The van der Waals surface area contributed by atoms with Crippen molar-refractivity contribution < 1.29 is 28.2 Å². The van der Waals surface area contributed by atoms with E-state index in [9.17, 15) is 9.59 Å². The smallest absolute Gasteiger partial charge is 0.254 e. The zero-order valence-corrected chi connectivity index (χ0v) is 18.3. The molecule has 8 heteroatoms. The summed E-state index contributed by atoms with van der Waals surface area (Å²) in [5.74, 6) is 1.35. The molecule has 0 spiro atoms. The molecule has 0 aliphatic heterocycles. The fourth-order valence-electron chi connectivity index (χ4n) is 3.16. The Morgan fingerprint density at radius 3 is 2.44 bits per heavy atom. The van der Waals surface area contributed by atoms with Crippen molar-refractivity contribution in [2.24, 2.45) is 0 Å². The molecule has 2 amide bonds. The molecule has 8 nitrogen and oxygen atoms in total. The summed E-state index contributed by atoms with van der Waals surface area (Å²) in [6.07, 6.45) is 1.52. The van der Waals surface area contributed by atoms with Crippen LogP contribution < -0.4 is 19.5 Å². The predicted octanol–water partition coefficient (Wildman–Crippen LogP) is 3.98. The first-order chi connectivity index (χ1) is 15.5. The van der Waals surface area contributed by atoms with E-state index in [0.717, 1.165) is 0 Å². The van der Waals surface area contributed by atoms with Gasteiger partial charge >= 0.3 is 0 Å². The summed E-state index contributed by atoms with van der Waals surface area (Å²) in [7, 11) is 3.03. The van der Waals surface area contributed by atoms with E-state index in [0.29, 0.717) is 40.9 Å². The van der Waals surface area contributed by atoms with Crippen molar-refractivity contribution in [2.75, 3.05) is 32.7 Å². The molecular formula is C24H26N2O6. The van der Waals surface area contributed by atoms with Crippen LogP contribution in [0, 0.1) is 0 Å². The SMILES string of the molecule is CCOc1ccc(C(=O)N(CC(=O)Nc2ccccc2OC)Cc2ccco2)cc1OC. The maximum Gasteiger partial charge on any atom is 0.254 e. The molecule has 3 rings (SSSR count). The highest BCUT2D eigenvalue weighted by atomic mass is 16.5. The normalized spacial score (nSPS) is 10.3. The fraction of sp³-hybridized carbons (Fsp3) is 0.250. The monoisotopic (exact) mass is 438 g/mol. The van der Waals surface area contributed by atoms with Crippen molar-refractivity contribution in [3.63, 3.8) is 0 Å². The Kier molecular flexibility index (Phi) is 7.75. The van der Waals surface area contributed by atoms with Gasteiger partial charge in [-0.25, -0.2) is 0 Å². The lowest BCUT2D eigenvalue weighted by atomic mass is 10.1. The summed E-state index contributed by atoms with van der Waals surface area (Å²) < 4.78 is 21.5. The van der Waals surface area contributed by atoms with E-state index in [-0.39, 0.29) is 24.9 Å². The lowest BCUT2D eigenvalue weighted by molar-refractivity contribution is -0.117. The highest BCUT2D eigenvalue weighted by molar-refractivity contribution is 6.00. The van der Waals surface area contributed by atoms with Gasteiger partial charge < -0.3 is 28.8 Å². The molecule has 2 aromatic carbocycles. The number of para-hydroxylation sites is 2. The Balaban J connectivity index is 1.82. The zero-order valence-electron chi connectivity index (χ0n) is 18.3. The first-order valence-corrected chi connectivity index (χ1v) is 10.1. The first-order valence-electron chi connectivity index (χ1n) is 10.1. The van der Waals surface area contributed by atoms with E-state index in [1.807, 2.05) is 6.92 Å². The van der Waals surface area contributed by atoms with E-state index < -0.39 is 0 Å². The number of methoxy groups -OCH3 is 2. The minimum Gasteiger partial charge on any atom is -0.495 e. The first kappa shape index (κ1) is 22.7. The van der Waals surface area contributed by atoms with E-state index in [1.165, 1.54) is 25.4 Å². The highest BCUT2D eigenvalue weighted by Gasteiger charge is 2.22. The fourth-order valence-corrected chi connectivity index (χ4v) is 3.16. The van der Waals surface area contributed by atoms with Gasteiger partial charge in [0.15, 0.2) is 11.5 Å². The summed E-state index contributed by atoms with van der Waals surface area (Å²) in [4.78, 5) is 27.5. The minimum atomic E-state index is -0.368. The number of rotatable bonds is 10. The Hall–Kier alpha value is -3.94. The van der Waals surface area contributed by atoms with Crippen LogP contribution in [0.25, 0.3) is 0 Å². The molecule has 0 aliphatic rings. The Bertz CT molecular complexity index is 1050. The largest absolute Gasteiger partial charge is 0.495 e. The molecule has 0 fully saturated rings. The van der Waals surface area contributed by atoms with Crippen molar-refractivity contribution in [3.8, 4) is 17.2 Å². The molecular weight excluding hydrogens is 412 g/mol. The molecule has 0 unspecified atom stereocenters. The second kappa shape index (κ2) is 10.9. The van der Waals surface area contributed by atoms with Crippen LogP contribution in [0.1, 0.15) is 23.0 Å². The number of carbonyl (C=O) groups excluding carboxylic acids is 2. The van der Waals surface area contributed by atoms with Gasteiger partial charge in [0.25, 0.3) is 5.91 Å². The van der Waals surface area contributed by atoms with Gasteiger partial charge in [0.05, 0.1) is 39.3 Å². The molecule has 0 bridgehead atoms. The van der Waals surface area contributed by atoms with Crippen LogP contribution in [-0.2, 0) is 11.3 Å². The molecule has 3 aromatic rings. The van der Waals surface area contributed by atoms with Crippen LogP contribution in [0.5, 0.6) is 17.2 Å². The summed E-state index contributed by atoms with van der Waals surface area (Å²) in [5, 5.41) is 2.79. The van der Waals surface area contributed by atoms with E-state index in [4.69, 9.17) is 18.6 Å². The molecule has 0 saturated carbocycles. The van der Waals surface area contributed by atoms with Gasteiger partial charge in [-0.05, 0) is 49.4 Å². The van der Waals surface area contributed by atoms with Gasteiger partial charge in [0.2, 0.25) is 5.91 Å². The second-order valence-electron chi connectivity index (χ2n) is 6.79. The molecule has 1 aromatic heterocycles. The predicted molar refractivity (Wildman–Crippen MR) is 119 cm³/mol. The minimum absolute atomic E-state index is 0.126. The number of anilines is 1. The van der Waals surface area contributed by atoms with Crippen molar-refractivity contribution in [3.05, 3.63) is 72.2 Å². The maximum absolute atomic E-state index is 13.3. The summed E-state index contributed by atoms with van der Waals surface area (Å²) in [6.45, 7) is 2.27. The molecule has 168 valence electrons. The average Bonchev–Trinajstić information content (AvgIpc) is 3.32. The summed E-state index contributed by atoms with van der Waals surface area (Å²) >= 11 is 0. The third-order valence-corrected chi connectivity index (χ3v) is 4.64. The van der Waals surface area contributed by atoms with Crippen molar-refractivity contribution in [1.82, 2.24) is 4.90 Å². The quantitative estimate of drug-likeness (QED) is 0.515. The maximum atomic E-state index is 13.3. The molecule has 32 heavy (non-hydrogen) atoms. The number of hydrogen-bond acceptors (Lipinski definition) is 6. The third-order valence-electron chi connectivity index (χ3n) is 4.64. The lowest BCUT2D eigenvalue weighted by Crippen LogP contribution is -2.37. The van der Waals surface area contributed by atoms with Gasteiger partial charge in [-0.3, -0.25) is 9.59 Å². The van der Waals surface area contributed by atoms with Crippen molar-refractivity contribution in [2.45, 2.75) is 13.5 Å². The summed E-state index contributed by atoms with van der Waals surface area (Å²) in [5.41, 5.74) is 0.884. The molecule has 0 saturated heterocycles. The highest BCUT2D eigenvalue weighted by Crippen LogP contribution is 2.29. The number of benzene rings is 2. The zero-order chi connectivity index (χ0) is 22.9. The van der Waals surface area contributed by atoms with Crippen LogP contribution in [0.15, 0.2) is 65.3 Å². The molecule has 1 N–H and O–H groups in total. The van der Waals surface area contributed by atoms with Crippen molar-refractivity contribution >= 4 is 17.5 Å². The Labute approximate surface area is 186 Å². The van der Waals surface area contributed by atoms with Crippen LogP contribution >= 0.6 is 0 Å². The van der Waals surface area contributed by atoms with E-state index in [2.05, 4.69) is 5.32 Å². The van der Waals surface area contributed by atoms with Gasteiger partial charge in [-0.1, -0.05) is 12.1 Å². The molecule has 0 radical (unpaired) electrons. The number of hydrogen-bond donors (Lipinski definition) is 1. The van der Waals surface area contributed by atoms with Gasteiger partial charge in [0, 0.05) is 5.56 Å². The van der Waals surface area contributed by atoms with E-state index >= 15 is 0 Å². The Morgan fingerprint density at radius 1 is 0.969 bits per heavy atom. The Morgan fingerprint density at radius 2 is 1.75 bits per heavy atom. The van der Waals surface area contributed by atoms with Gasteiger partial charge in [0.1, 0.15) is 18.1 Å². The topological polar surface area (TPSA) is 90.2 Å². The molecule has 0 atom stereocenters. The number of furan rings is 1. The van der Waals surface area contributed by atoms with Crippen LogP contribution in [0.4, 0.5) is 5.69 Å². The van der Waals surface area contributed by atoms with Crippen molar-refractivity contribution in [1.29, 1.82) is 0 Å². The number of nitrogens with one attached hydrogen (secondary N) is 1. The second-order valence-corrected chi connectivity index (χ2v) is 6.79. The molecule has 1 heterocycles. The van der Waals surface area contributed by atoms with Gasteiger partial charge in [-0.15, -0.1) is 0 Å². The lowest BCUT2D eigenvalue weighted by Gasteiger charge is -2.22.